The molecule has 2 rings (SSSR count). The van der Waals surface area contributed by atoms with Crippen LogP contribution in [-0.4, -0.2) is 23.6 Å². The van der Waals surface area contributed by atoms with Crippen LogP contribution in [0.3, 0.4) is 0 Å². The molecular formula is C14H19BrN2OS. The zero-order valence-corrected chi connectivity index (χ0v) is 13.9. The predicted octanol–water partition coefficient (Wildman–Crippen LogP) is 4.53. The van der Waals surface area contributed by atoms with E-state index >= 15 is 0 Å². The van der Waals surface area contributed by atoms with Gasteiger partial charge >= 0.3 is 0 Å². The van der Waals surface area contributed by atoms with Crippen LogP contribution in [0, 0.1) is 0 Å². The van der Waals surface area contributed by atoms with Gasteiger partial charge in [0.1, 0.15) is 5.75 Å². The van der Waals surface area contributed by atoms with Gasteiger partial charge < -0.3 is 10.1 Å². The first-order valence-corrected chi connectivity index (χ1v) is 8.17. The van der Waals surface area contributed by atoms with Crippen molar-refractivity contribution in [2.24, 2.45) is 4.99 Å². The van der Waals surface area contributed by atoms with Crippen molar-refractivity contribution in [1.82, 2.24) is 0 Å². The number of hydrogen-bond donors (Lipinski definition) is 1. The molecule has 1 N–H and O–H groups in total. The summed E-state index contributed by atoms with van der Waals surface area (Å²) in [5.74, 6) is 1.95. The summed E-state index contributed by atoms with van der Waals surface area (Å²) in [6, 6.07) is 5.89. The lowest BCUT2D eigenvalue weighted by Gasteiger charge is -2.29. The number of amidine groups is 1. The number of thioether (sulfide) groups is 1. The van der Waals surface area contributed by atoms with Crippen molar-refractivity contribution in [2.45, 2.75) is 32.2 Å². The molecule has 0 fully saturated rings. The molecule has 1 aliphatic heterocycles. The standard InChI is InChI=1S/C14H19BrN2OS/c1-4-14(2)7-8-19-13(17-14)16-12-9-10(18-3)5-6-11(12)15/h5-6,9H,4,7-8H2,1-3H3,(H,16,17). The third-order valence-corrected chi connectivity index (χ3v) is 4.99. The van der Waals surface area contributed by atoms with Gasteiger partial charge in [0.25, 0.3) is 0 Å². The number of anilines is 1. The van der Waals surface area contributed by atoms with E-state index in [1.165, 1.54) is 0 Å². The fourth-order valence-corrected chi connectivity index (χ4v) is 3.41. The van der Waals surface area contributed by atoms with Gasteiger partial charge in [0, 0.05) is 16.3 Å². The van der Waals surface area contributed by atoms with E-state index < -0.39 is 0 Å². The molecule has 1 aromatic rings. The Hall–Kier alpha value is -0.680. The second-order valence-corrected chi connectivity index (χ2v) is 6.77. The Morgan fingerprint density at radius 3 is 3.00 bits per heavy atom. The van der Waals surface area contributed by atoms with Crippen molar-refractivity contribution in [1.29, 1.82) is 0 Å². The summed E-state index contributed by atoms with van der Waals surface area (Å²) in [6.45, 7) is 4.41. The largest absolute Gasteiger partial charge is 0.497 e. The molecule has 1 aromatic carbocycles. The molecule has 0 saturated heterocycles. The lowest BCUT2D eigenvalue weighted by molar-refractivity contribution is 0.415. The maximum atomic E-state index is 5.25. The van der Waals surface area contributed by atoms with E-state index in [4.69, 9.17) is 9.73 Å². The number of hydrogen-bond acceptors (Lipinski definition) is 4. The summed E-state index contributed by atoms with van der Waals surface area (Å²) in [4.78, 5) is 4.83. The quantitative estimate of drug-likeness (QED) is 0.875. The summed E-state index contributed by atoms with van der Waals surface area (Å²) in [5, 5.41) is 4.39. The highest BCUT2D eigenvalue weighted by Gasteiger charge is 2.26. The number of nitrogens with zero attached hydrogens (tertiary/aromatic N) is 1. The Labute approximate surface area is 127 Å². The molecule has 1 atom stereocenters. The van der Waals surface area contributed by atoms with Crippen LogP contribution in [0.4, 0.5) is 5.69 Å². The van der Waals surface area contributed by atoms with E-state index in [0.717, 1.165) is 39.7 Å². The molecule has 0 radical (unpaired) electrons. The van der Waals surface area contributed by atoms with Crippen LogP contribution >= 0.6 is 27.7 Å². The normalized spacial score (nSPS) is 22.8. The zero-order chi connectivity index (χ0) is 13.9. The Bertz CT molecular complexity index is 492. The van der Waals surface area contributed by atoms with Crippen LogP contribution in [-0.2, 0) is 0 Å². The molecule has 0 bridgehead atoms. The number of methoxy groups -OCH3 is 1. The predicted molar refractivity (Wildman–Crippen MR) is 87.5 cm³/mol. The molecule has 3 nitrogen and oxygen atoms in total. The van der Waals surface area contributed by atoms with E-state index in [2.05, 4.69) is 35.1 Å². The van der Waals surface area contributed by atoms with Crippen molar-refractivity contribution >= 4 is 38.5 Å². The molecule has 0 aliphatic carbocycles. The van der Waals surface area contributed by atoms with Crippen LogP contribution in [0.15, 0.2) is 27.7 Å². The van der Waals surface area contributed by atoms with Gasteiger partial charge in [-0.1, -0.05) is 18.7 Å². The summed E-state index contributed by atoms with van der Waals surface area (Å²) >= 11 is 5.32. The van der Waals surface area contributed by atoms with Crippen molar-refractivity contribution in [3.8, 4) is 5.75 Å². The molecule has 0 saturated carbocycles. The average Bonchev–Trinajstić information content (AvgIpc) is 2.41. The Morgan fingerprint density at radius 1 is 1.53 bits per heavy atom. The highest BCUT2D eigenvalue weighted by atomic mass is 79.9. The third kappa shape index (κ3) is 3.66. The number of halogens is 1. The van der Waals surface area contributed by atoms with Gasteiger partial charge in [0.15, 0.2) is 5.17 Å². The van der Waals surface area contributed by atoms with Gasteiger partial charge in [0.05, 0.1) is 18.3 Å². The summed E-state index contributed by atoms with van der Waals surface area (Å²) in [5.41, 5.74) is 1.06. The number of benzene rings is 1. The topological polar surface area (TPSA) is 33.6 Å². The highest BCUT2D eigenvalue weighted by Crippen LogP contribution is 2.32. The minimum atomic E-state index is 0.0684. The zero-order valence-electron chi connectivity index (χ0n) is 11.5. The molecule has 1 heterocycles. The van der Waals surface area contributed by atoms with Crippen LogP contribution in [0.1, 0.15) is 26.7 Å². The van der Waals surface area contributed by atoms with Crippen LogP contribution in [0.25, 0.3) is 0 Å². The van der Waals surface area contributed by atoms with Crippen LogP contribution in [0.2, 0.25) is 0 Å². The maximum absolute atomic E-state index is 5.25. The molecule has 1 aliphatic rings. The second-order valence-electron chi connectivity index (χ2n) is 4.84. The lowest BCUT2D eigenvalue weighted by Crippen LogP contribution is -2.29. The molecule has 1 unspecified atom stereocenters. The number of aliphatic imine (C=N–C) groups is 1. The fraction of sp³-hybridized carbons (Fsp3) is 0.500. The van der Waals surface area contributed by atoms with E-state index in [1.807, 2.05) is 18.2 Å². The van der Waals surface area contributed by atoms with Gasteiger partial charge in [-0.2, -0.15) is 0 Å². The summed E-state index contributed by atoms with van der Waals surface area (Å²) in [7, 11) is 1.67. The maximum Gasteiger partial charge on any atom is 0.161 e. The van der Waals surface area contributed by atoms with E-state index in [9.17, 15) is 0 Å². The Balaban J connectivity index is 2.21. The molecular weight excluding hydrogens is 324 g/mol. The molecule has 5 heteroatoms. The van der Waals surface area contributed by atoms with E-state index in [1.54, 1.807) is 18.9 Å². The van der Waals surface area contributed by atoms with Crippen LogP contribution in [0.5, 0.6) is 5.75 Å². The Morgan fingerprint density at radius 2 is 2.32 bits per heavy atom. The van der Waals surface area contributed by atoms with Gasteiger partial charge in [-0.25, -0.2) is 0 Å². The first-order valence-electron chi connectivity index (χ1n) is 6.39. The Kier molecular flexibility index (Phi) is 4.79. The number of rotatable bonds is 3. The average molecular weight is 343 g/mol. The van der Waals surface area contributed by atoms with Crippen molar-refractivity contribution in [2.75, 3.05) is 18.2 Å². The van der Waals surface area contributed by atoms with E-state index in [-0.39, 0.29) is 5.54 Å². The minimum absolute atomic E-state index is 0.0684. The number of nitrogens with one attached hydrogen (secondary N) is 1. The fourth-order valence-electron chi connectivity index (χ4n) is 1.86. The van der Waals surface area contributed by atoms with Gasteiger partial charge in [-0.05, 0) is 47.8 Å². The van der Waals surface area contributed by atoms with Crippen molar-refractivity contribution in [3.05, 3.63) is 22.7 Å². The smallest absolute Gasteiger partial charge is 0.161 e. The molecule has 0 aromatic heterocycles. The monoisotopic (exact) mass is 342 g/mol. The van der Waals surface area contributed by atoms with Gasteiger partial charge in [0.2, 0.25) is 0 Å². The summed E-state index contributed by atoms with van der Waals surface area (Å²) in [6.07, 6.45) is 2.21. The molecule has 0 spiro atoms. The second kappa shape index (κ2) is 6.18. The lowest BCUT2D eigenvalue weighted by atomic mass is 9.97. The summed E-state index contributed by atoms with van der Waals surface area (Å²) < 4.78 is 6.27. The van der Waals surface area contributed by atoms with E-state index in [0.29, 0.717) is 0 Å². The van der Waals surface area contributed by atoms with Gasteiger partial charge in [-0.3, -0.25) is 4.99 Å². The first-order chi connectivity index (χ1) is 9.06. The minimum Gasteiger partial charge on any atom is -0.497 e. The van der Waals surface area contributed by atoms with Crippen molar-refractivity contribution in [3.63, 3.8) is 0 Å². The van der Waals surface area contributed by atoms with Crippen molar-refractivity contribution < 1.29 is 4.74 Å². The molecule has 0 amide bonds. The van der Waals surface area contributed by atoms with Crippen LogP contribution < -0.4 is 10.1 Å². The van der Waals surface area contributed by atoms with Gasteiger partial charge in [-0.15, -0.1) is 0 Å². The number of ether oxygens (including phenoxy) is 1. The molecule has 104 valence electrons. The highest BCUT2D eigenvalue weighted by molar-refractivity contribution is 9.10. The first kappa shape index (κ1) is 14.7. The molecule has 19 heavy (non-hydrogen) atoms. The third-order valence-electron chi connectivity index (χ3n) is 3.43. The SMILES string of the molecule is CCC1(C)CCSC(Nc2cc(OC)ccc2Br)=N1.